The molecule has 2 aliphatic rings. The Bertz CT molecular complexity index is 756. The smallest absolute Gasteiger partial charge is 0.231 e. The third-order valence-corrected chi connectivity index (χ3v) is 5.27. The number of nitrogens with zero attached hydrogens (tertiary/aromatic N) is 2. The molecule has 1 saturated heterocycles. The highest BCUT2D eigenvalue weighted by atomic mass is 32.1. The van der Waals surface area contributed by atoms with E-state index in [4.69, 9.17) is 9.47 Å². The molecule has 25 heavy (non-hydrogen) atoms. The highest BCUT2D eigenvalue weighted by Gasteiger charge is 2.15. The van der Waals surface area contributed by atoms with Gasteiger partial charge in [0.25, 0.3) is 0 Å². The van der Waals surface area contributed by atoms with E-state index in [0.29, 0.717) is 18.0 Å². The monoisotopic (exact) mass is 359 g/mol. The summed E-state index contributed by atoms with van der Waals surface area (Å²) in [5.41, 5.74) is 2.10. The Morgan fingerprint density at radius 1 is 1.24 bits per heavy atom. The highest BCUT2D eigenvalue weighted by Crippen LogP contribution is 2.32. The van der Waals surface area contributed by atoms with Gasteiger partial charge < -0.3 is 14.8 Å². The average Bonchev–Trinajstić information content (AvgIpc) is 3.35. The van der Waals surface area contributed by atoms with Crippen LogP contribution in [0.5, 0.6) is 11.5 Å². The van der Waals surface area contributed by atoms with Crippen LogP contribution in [0, 0.1) is 0 Å². The number of hydrogen-bond acceptors (Lipinski definition) is 6. The molecule has 2 aliphatic heterocycles. The summed E-state index contributed by atoms with van der Waals surface area (Å²) in [6, 6.07) is 5.80. The van der Waals surface area contributed by atoms with Crippen molar-refractivity contribution >= 4 is 22.4 Å². The summed E-state index contributed by atoms with van der Waals surface area (Å²) in [6.45, 7) is 3.44. The van der Waals surface area contributed by atoms with Crippen molar-refractivity contribution in [2.75, 3.05) is 25.2 Å². The lowest BCUT2D eigenvalue weighted by molar-refractivity contribution is -0.116. The van der Waals surface area contributed by atoms with E-state index in [2.05, 4.69) is 15.2 Å². The van der Waals surface area contributed by atoms with Crippen molar-refractivity contribution in [3.63, 3.8) is 0 Å². The summed E-state index contributed by atoms with van der Waals surface area (Å²) in [6.07, 6.45) is 3.62. The van der Waals surface area contributed by atoms with Crippen LogP contribution >= 0.6 is 11.3 Å². The summed E-state index contributed by atoms with van der Waals surface area (Å²) in [5, 5.41) is 5.62. The number of likely N-dealkylation sites (tertiary alicyclic amines) is 1. The number of ether oxygens (including phenoxy) is 2. The van der Waals surface area contributed by atoms with Crippen molar-refractivity contribution < 1.29 is 14.3 Å². The molecule has 1 N–H and O–H groups in total. The number of carbonyl (C=O) groups excluding carboxylic acids is 1. The van der Waals surface area contributed by atoms with Gasteiger partial charge in [-0.3, -0.25) is 9.69 Å². The second-order valence-corrected chi connectivity index (χ2v) is 7.22. The number of hydrogen-bond donors (Lipinski definition) is 1. The van der Waals surface area contributed by atoms with E-state index in [1.54, 1.807) is 0 Å². The molecule has 1 fully saturated rings. The molecular formula is C18H21N3O3S. The topological polar surface area (TPSA) is 63.7 Å². The average molecular weight is 359 g/mol. The maximum atomic E-state index is 12.2. The van der Waals surface area contributed by atoms with Crippen LogP contribution < -0.4 is 14.8 Å². The van der Waals surface area contributed by atoms with Crippen LogP contribution in [0.15, 0.2) is 23.6 Å². The first-order valence-corrected chi connectivity index (χ1v) is 9.49. The van der Waals surface area contributed by atoms with Gasteiger partial charge in [-0.2, -0.15) is 0 Å². The van der Waals surface area contributed by atoms with Crippen LogP contribution in [0.1, 0.15) is 30.5 Å². The van der Waals surface area contributed by atoms with E-state index >= 15 is 0 Å². The Labute approximate surface area is 150 Å². The van der Waals surface area contributed by atoms with E-state index in [-0.39, 0.29) is 12.7 Å². The summed E-state index contributed by atoms with van der Waals surface area (Å²) in [5.74, 6) is 1.51. The van der Waals surface area contributed by atoms with Crippen molar-refractivity contribution in [1.82, 2.24) is 9.88 Å². The number of rotatable bonds is 6. The minimum Gasteiger partial charge on any atom is -0.454 e. The second-order valence-electron chi connectivity index (χ2n) is 6.36. The van der Waals surface area contributed by atoms with E-state index in [9.17, 15) is 4.79 Å². The lowest BCUT2D eigenvalue weighted by Gasteiger charge is -2.11. The second kappa shape index (κ2) is 7.41. The molecule has 6 nitrogen and oxygen atoms in total. The Morgan fingerprint density at radius 2 is 2.08 bits per heavy atom. The zero-order valence-electron chi connectivity index (χ0n) is 14.0. The van der Waals surface area contributed by atoms with Gasteiger partial charge in [-0.25, -0.2) is 4.98 Å². The van der Waals surface area contributed by atoms with E-state index in [1.807, 2.05) is 23.6 Å². The van der Waals surface area contributed by atoms with Crippen molar-refractivity contribution in [3.8, 4) is 11.5 Å². The molecule has 1 aromatic carbocycles. The Balaban J connectivity index is 1.26. The molecule has 0 bridgehead atoms. The molecule has 7 heteroatoms. The van der Waals surface area contributed by atoms with Crippen LogP contribution in [-0.4, -0.2) is 35.7 Å². The largest absolute Gasteiger partial charge is 0.454 e. The predicted octanol–water partition coefficient (Wildman–Crippen LogP) is 3.04. The molecule has 0 atom stereocenters. The summed E-state index contributed by atoms with van der Waals surface area (Å²) >= 11 is 1.49. The van der Waals surface area contributed by atoms with Gasteiger partial charge in [0.2, 0.25) is 12.7 Å². The van der Waals surface area contributed by atoms with Gasteiger partial charge >= 0.3 is 0 Å². The molecule has 1 amide bonds. The molecule has 3 heterocycles. The fourth-order valence-electron chi connectivity index (χ4n) is 3.14. The van der Waals surface area contributed by atoms with Gasteiger partial charge in [-0.1, -0.05) is 6.07 Å². The number of anilines is 1. The normalized spacial score (nSPS) is 16.3. The lowest BCUT2D eigenvalue weighted by atomic mass is 10.1. The lowest BCUT2D eigenvalue weighted by Crippen LogP contribution is -2.18. The maximum Gasteiger partial charge on any atom is 0.231 e. The number of benzene rings is 1. The van der Waals surface area contributed by atoms with Gasteiger partial charge in [-0.15, -0.1) is 11.3 Å². The highest BCUT2D eigenvalue weighted by molar-refractivity contribution is 7.13. The molecule has 0 spiro atoms. The summed E-state index contributed by atoms with van der Waals surface area (Å²) in [7, 11) is 0. The Hall–Kier alpha value is -2.12. The van der Waals surface area contributed by atoms with Crippen molar-refractivity contribution in [3.05, 3.63) is 34.8 Å². The van der Waals surface area contributed by atoms with Gasteiger partial charge in [0, 0.05) is 18.3 Å². The van der Waals surface area contributed by atoms with Crippen molar-refractivity contribution in [2.45, 2.75) is 32.2 Å². The van der Waals surface area contributed by atoms with E-state index < -0.39 is 0 Å². The number of amides is 1. The van der Waals surface area contributed by atoms with E-state index in [0.717, 1.165) is 42.4 Å². The first kappa shape index (κ1) is 16.4. The number of fused-ring (bicyclic) bond motifs is 1. The van der Waals surface area contributed by atoms with Crippen molar-refractivity contribution in [1.29, 1.82) is 0 Å². The first-order chi connectivity index (χ1) is 12.3. The quantitative estimate of drug-likeness (QED) is 0.859. The van der Waals surface area contributed by atoms with Crippen LogP contribution in [0.25, 0.3) is 0 Å². The van der Waals surface area contributed by atoms with Crippen LogP contribution in [-0.2, 0) is 17.8 Å². The molecule has 2 aromatic rings. The maximum absolute atomic E-state index is 12.2. The molecule has 1 aromatic heterocycles. The standard InChI is InChI=1S/C18H21N3O3S/c22-17(6-4-13-3-5-15-16(9-13)24-12-23-15)20-18-19-14(11-25-18)10-21-7-1-2-8-21/h3,5,9,11H,1-2,4,6-8,10,12H2,(H,19,20,22). The summed E-state index contributed by atoms with van der Waals surface area (Å²) < 4.78 is 10.7. The molecule has 0 unspecified atom stereocenters. The Morgan fingerprint density at radius 3 is 2.96 bits per heavy atom. The third kappa shape index (κ3) is 4.11. The number of nitrogens with one attached hydrogen (secondary N) is 1. The van der Waals surface area contributed by atoms with Crippen molar-refractivity contribution in [2.24, 2.45) is 0 Å². The van der Waals surface area contributed by atoms with Crippen LogP contribution in [0.3, 0.4) is 0 Å². The van der Waals surface area contributed by atoms with Gasteiger partial charge in [0.1, 0.15) is 0 Å². The molecular weight excluding hydrogens is 338 g/mol. The fraction of sp³-hybridized carbons (Fsp3) is 0.444. The number of carbonyl (C=O) groups is 1. The SMILES string of the molecule is O=C(CCc1ccc2c(c1)OCO2)Nc1nc(CN2CCCC2)cs1. The minimum absolute atomic E-state index is 0.0141. The molecule has 4 rings (SSSR count). The fourth-order valence-corrected chi connectivity index (χ4v) is 3.86. The predicted molar refractivity (Wildman–Crippen MR) is 96.1 cm³/mol. The third-order valence-electron chi connectivity index (χ3n) is 4.46. The number of aryl methyl sites for hydroxylation is 1. The number of aromatic nitrogens is 1. The molecule has 0 aliphatic carbocycles. The van der Waals surface area contributed by atoms with Crippen LogP contribution in [0.2, 0.25) is 0 Å². The van der Waals surface area contributed by atoms with Crippen LogP contribution in [0.4, 0.5) is 5.13 Å². The van der Waals surface area contributed by atoms with Gasteiger partial charge in [-0.05, 0) is 50.0 Å². The molecule has 132 valence electrons. The summed E-state index contributed by atoms with van der Waals surface area (Å²) in [4.78, 5) is 19.1. The zero-order valence-corrected chi connectivity index (χ0v) is 14.8. The number of thiazole rings is 1. The zero-order chi connectivity index (χ0) is 17.1. The van der Waals surface area contributed by atoms with Gasteiger partial charge in [0.15, 0.2) is 16.6 Å². The molecule has 0 radical (unpaired) electrons. The van der Waals surface area contributed by atoms with E-state index in [1.165, 1.54) is 24.2 Å². The molecule has 0 saturated carbocycles. The first-order valence-electron chi connectivity index (χ1n) is 8.61. The Kier molecular flexibility index (Phi) is 4.85. The van der Waals surface area contributed by atoms with Gasteiger partial charge in [0.05, 0.1) is 5.69 Å². The minimum atomic E-state index is -0.0141.